The molecule has 0 saturated heterocycles. The van der Waals surface area contributed by atoms with Crippen LogP contribution in [0.5, 0.6) is 0 Å². The highest BCUT2D eigenvalue weighted by molar-refractivity contribution is 5.89. The number of allylic oxidation sites excluding steroid dienone is 3. The molecule has 0 unspecified atom stereocenters. The standard InChI is InChI=1S/C10H13NO3/c1-5-6-7(2)14-9(4)11-8(3)10(12)13/h5-6H,1,3H2,2,4H3,(H,12,13). The molecule has 0 aliphatic rings. The summed E-state index contributed by atoms with van der Waals surface area (Å²) in [4.78, 5) is 14.0. The van der Waals surface area contributed by atoms with Gasteiger partial charge in [-0.1, -0.05) is 19.2 Å². The predicted octanol–water partition coefficient (Wildman–Crippen LogP) is 2.11. The van der Waals surface area contributed by atoms with E-state index in [2.05, 4.69) is 18.2 Å². The van der Waals surface area contributed by atoms with Crippen LogP contribution >= 0.6 is 0 Å². The maximum absolute atomic E-state index is 10.4. The van der Waals surface area contributed by atoms with Gasteiger partial charge >= 0.3 is 5.97 Å². The number of nitrogens with zero attached hydrogens (tertiary/aromatic N) is 1. The summed E-state index contributed by atoms with van der Waals surface area (Å²) in [6, 6.07) is 0. The normalized spacial score (nSPS) is 12.1. The minimum absolute atomic E-state index is 0.230. The zero-order valence-corrected chi connectivity index (χ0v) is 8.28. The number of aliphatic carboxylic acids is 1. The molecule has 0 aromatic rings. The second kappa shape index (κ2) is 5.75. The van der Waals surface area contributed by atoms with E-state index < -0.39 is 5.97 Å². The first-order chi connectivity index (χ1) is 6.47. The van der Waals surface area contributed by atoms with Crippen LogP contribution in [0.25, 0.3) is 0 Å². The third-order valence-electron chi connectivity index (χ3n) is 1.20. The van der Waals surface area contributed by atoms with Crippen LogP contribution in [0.4, 0.5) is 0 Å². The van der Waals surface area contributed by atoms with Crippen LogP contribution in [-0.4, -0.2) is 17.0 Å². The van der Waals surface area contributed by atoms with E-state index in [-0.39, 0.29) is 11.6 Å². The Balaban J connectivity index is 4.41. The van der Waals surface area contributed by atoms with Crippen molar-refractivity contribution < 1.29 is 14.6 Å². The van der Waals surface area contributed by atoms with E-state index in [0.717, 1.165) is 0 Å². The van der Waals surface area contributed by atoms with Gasteiger partial charge in [-0.2, -0.15) is 0 Å². The molecule has 0 atom stereocenters. The summed E-state index contributed by atoms with van der Waals surface area (Å²) in [7, 11) is 0. The van der Waals surface area contributed by atoms with E-state index in [0.29, 0.717) is 5.76 Å². The fourth-order valence-corrected chi connectivity index (χ4v) is 0.694. The smallest absolute Gasteiger partial charge is 0.353 e. The molecule has 0 aromatic carbocycles. The third-order valence-corrected chi connectivity index (χ3v) is 1.20. The van der Waals surface area contributed by atoms with Gasteiger partial charge < -0.3 is 9.84 Å². The second-order valence-electron chi connectivity index (χ2n) is 2.50. The summed E-state index contributed by atoms with van der Waals surface area (Å²) in [6.07, 6.45) is 3.21. The van der Waals surface area contributed by atoms with E-state index in [1.54, 1.807) is 26.0 Å². The van der Waals surface area contributed by atoms with Crippen LogP contribution < -0.4 is 0 Å². The van der Waals surface area contributed by atoms with E-state index in [4.69, 9.17) is 9.84 Å². The predicted molar refractivity (Wildman–Crippen MR) is 54.9 cm³/mol. The van der Waals surface area contributed by atoms with Crippen LogP contribution in [0.3, 0.4) is 0 Å². The van der Waals surface area contributed by atoms with Crippen LogP contribution in [0.2, 0.25) is 0 Å². The van der Waals surface area contributed by atoms with Gasteiger partial charge in [-0.15, -0.1) is 0 Å². The summed E-state index contributed by atoms with van der Waals surface area (Å²) in [5.74, 6) is -0.356. The minimum atomic E-state index is -1.17. The number of aliphatic imine (C=N–C) groups is 1. The molecule has 14 heavy (non-hydrogen) atoms. The fraction of sp³-hybridized carbons (Fsp3) is 0.200. The molecule has 0 aromatic heterocycles. The first-order valence-electron chi connectivity index (χ1n) is 3.92. The molecule has 0 fully saturated rings. The van der Waals surface area contributed by atoms with Crippen molar-refractivity contribution in [1.29, 1.82) is 0 Å². The fourth-order valence-electron chi connectivity index (χ4n) is 0.694. The van der Waals surface area contributed by atoms with Crippen molar-refractivity contribution >= 4 is 11.9 Å². The van der Waals surface area contributed by atoms with Gasteiger partial charge in [0.1, 0.15) is 11.5 Å². The molecule has 76 valence electrons. The Labute approximate surface area is 82.9 Å². The molecule has 1 N–H and O–H groups in total. The maximum atomic E-state index is 10.4. The van der Waals surface area contributed by atoms with Crippen LogP contribution in [0.1, 0.15) is 13.8 Å². The third kappa shape index (κ3) is 4.92. The van der Waals surface area contributed by atoms with Crippen molar-refractivity contribution in [3.8, 4) is 0 Å². The van der Waals surface area contributed by atoms with Gasteiger partial charge in [0, 0.05) is 6.92 Å². The Kier molecular flexibility index (Phi) is 4.99. The summed E-state index contributed by atoms with van der Waals surface area (Å²) < 4.78 is 5.13. The van der Waals surface area contributed by atoms with Crippen molar-refractivity contribution in [2.24, 2.45) is 4.99 Å². The first kappa shape index (κ1) is 12.2. The molecular weight excluding hydrogens is 182 g/mol. The van der Waals surface area contributed by atoms with Crippen molar-refractivity contribution in [2.75, 3.05) is 0 Å². The molecule has 0 amide bonds. The zero-order chi connectivity index (χ0) is 11.1. The maximum Gasteiger partial charge on any atom is 0.353 e. The highest BCUT2D eigenvalue weighted by atomic mass is 16.5. The van der Waals surface area contributed by atoms with Gasteiger partial charge in [-0.3, -0.25) is 0 Å². The lowest BCUT2D eigenvalue weighted by Gasteiger charge is -2.03. The number of carbonyl (C=O) groups is 1. The van der Waals surface area contributed by atoms with Crippen molar-refractivity contribution in [1.82, 2.24) is 0 Å². The lowest BCUT2D eigenvalue weighted by molar-refractivity contribution is -0.132. The molecule has 0 heterocycles. The highest BCUT2D eigenvalue weighted by Gasteiger charge is 2.02. The number of hydrogen-bond acceptors (Lipinski definition) is 3. The molecule has 4 heteroatoms. The van der Waals surface area contributed by atoms with Gasteiger partial charge in [0.05, 0.1) is 0 Å². The number of rotatable bonds is 4. The Morgan fingerprint density at radius 3 is 2.50 bits per heavy atom. The van der Waals surface area contributed by atoms with Crippen molar-refractivity contribution in [3.05, 3.63) is 36.8 Å². The molecule has 4 nitrogen and oxygen atoms in total. The molecule has 0 radical (unpaired) electrons. The lowest BCUT2D eigenvalue weighted by Crippen LogP contribution is -2.02. The Morgan fingerprint density at radius 1 is 1.50 bits per heavy atom. The Hall–Kier alpha value is -1.84. The number of carboxylic acid groups (broad SMARTS) is 1. The van der Waals surface area contributed by atoms with Crippen molar-refractivity contribution in [2.45, 2.75) is 13.8 Å². The molecule has 0 rings (SSSR count). The average molecular weight is 195 g/mol. The minimum Gasteiger partial charge on any atom is -0.477 e. The molecule has 0 spiro atoms. The average Bonchev–Trinajstić information content (AvgIpc) is 2.03. The summed E-state index contributed by atoms with van der Waals surface area (Å²) in [6.45, 7) is 9.99. The van der Waals surface area contributed by atoms with Crippen LogP contribution in [0.15, 0.2) is 41.8 Å². The van der Waals surface area contributed by atoms with E-state index in [1.165, 1.54) is 0 Å². The summed E-state index contributed by atoms with van der Waals surface area (Å²) in [5, 5.41) is 8.48. The Morgan fingerprint density at radius 2 is 2.07 bits per heavy atom. The van der Waals surface area contributed by atoms with Crippen molar-refractivity contribution in [3.63, 3.8) is 0 Å². The topological polar surface area (TPSA) is 58.9 Å². The molecule has 0 aliphatic carbocycles. The molecule has 0 bridgehead atoms. The second-order valence-corrected chi connectivity index (χ2v) is 2.50. The van der Waals surface area contributed by atoms with Gasteiger partial charge in [0.15, 0.2) is 5.90 Å². The van der Waals surface area contributed by atoms with E-state index in [1.807, 2.05) is 0 Å². The van der Waals surface area contributed by atoms with Crippen LogP contribution in [-0.2, 0) is 9.53 Å². The van der Waals surface area contributed by atoms with E-state index in [9.17, 15) is 4.79 Å². The Bertz CT molecular complexity index is 313. The van der Waals surface area contributed by atoms with E-state index >= 15 is 0 Å². The van der Waals surface area contributed by atoms with Gasteiger partial charge in [-0.25, -0.2) is 9.79 Å². The molecule has 0 saturated carbocycles. The SMILES string of the molecule is C=CC=C(C)OC(C)=NC(=C)C(=O)O. The number of hydrogen-bond donors (Lipinski definition) is 1. The van der Waals surface area contributed by atoms with Gasteiger partial charge in [-0.05, 0) is 13.0 Å². The number of carboxylic acids is 1. The van der Waals surface area contributed by atoms with Gasteiger partial charge in [0.25, 0.3) is 0 Å². The first-order valence-corrected chi connectivity index (χ1v) is 3.92. The lowest BCUT2D eigenvalue weighted by atomic mass is 10.4. The summed E-state index contributed by atoms with van der Waals surface area (Å²) >= 11 is 0. The highest BCUT2D eigenvalue weighted by Crippen LogP contribution is 2.00. The molecular formula is C10H13NO3. The summed E-state index contributed by atoms with van der Waals surface area (Å²) in [5.41, 5.74) is -0.256. The zero-order valence-electron chi connectivity index (χ0n) is 8.28. The monoisotopic (exact) mass is 195 g/mol. The largest absolute Gasteiger partial charge is 0.477 e. The number of ether oxygens (including phenoxy) is 1. The molecule has 0 aliphatic heterocycles. The quantitative estimate of drug-likeness (QED) is 0.246. The van der Waals surface area contributed by atoms with Gasteiger partial charge in [0.2, 0.25) is 0 Å². The van der Waals surface area contributed by atoms with Crippen LogP contribution in [0, 0.1) is 0 Å².